The van der Waals surface area contributed by atoms with Crippen molar-refractivity contribution in [2.45, 2.75) is 25.8 Å². The van der Waals surface area contributed by atoms with E-state index in [2.05, 4.69) is 5.32 Å². The molecule has 0 spiro atoms. The zero-order valence-corrected chi connectivity index (χ0v) is 17.0. The number of carbonyl (C=O) groups excluding carboxylic acids is 1. The van der Waals surface area contributed by atoms with Crippen LogP contribution in [-0.2, 0) is 11.2 Å². The molecule has 1 N–H and O–H groups in total. The van der Waals surface area contributed by atoms with Gasteiger partial charge >= 0.3 is 0 Å². The van der Waals surface area contributed by atoms with Gasteiger partial charge in [0.15, 0.2) is 16.9 Å². The van der Waals surface area contributed by atoms with Gasteiger partial charge in [0.1, 0.15) is 0 Å². The summed E-state index contributed by atoms with van der Waals surface area (Å²) < 4.78 is 16.7. The van der Waals surface area contributed by atoms with Gasteiger partial charge in [-0.25, -0.2) is 0 Å². The van der Waals surface area contributed by atoms with Crippen LogP contribution in [0.25, 0.3) is 11.1 Å². The molecule has 0 unspecified atom stereocenters. The minimum atomic E-state index is -0.335. The van der Waals surface area contributed by atoms with Crippen LogP contribution in [0.4, 0.5) is 0 Å². The molecule has 0 saturated carbocycles. The quantitative estimate of drug-likeness (QED) is 0.845. The average molecular weight is 404 g/mol. The summed E-state index contributed by atoms with van der Waals surface area (Å²) in [5.74, 6) is 1.08. The zero-order valence-electron chi connectivity index (χ0n) is 16.2. The molecule has 7 heteroatoms. The van der Waals surface area contributed by atoms with Gasteiger partial charge in [0, 0.05) is 12.5 Å². The van der Waals surface area contributed by atoms with Crippen LogP contribution >= 0.6 is 11.6 Å². The summed E-state index contributed by atoms with van der Waals surface area (Å²) in [7, 11) is 4.58. The van der Waals surface area contributed by atoms with E-state index in [9.17, 15) is 9.59 Å². The SMILES string of the molecule is COc1c(Cl)c2c(c(OC)c1OC)-c1cccc(=O)cc1[C@@H](NC(C)=O)CC2. The first-order chi connectivity index (χ1) is 13.4. The molecule has 6 nitrogen and oxygen atoms in total. The second-order valence-electron chi connectivity index (χ2n) is 6.50. The highest BCUT2D eigenvalue weighted by Crippen LogP contribution is 2.54. The largest absolute Gasteiger partial charge is 0.492 e. The molecule has 0 fully saturated rings. The predicted octanol–water partition coefficient (Wildman–Crippen LogP) is 3.52. The van der Waals surface area contributed by atoms with Crippen LogP contribution < -0.4 is 25.0 Å². The Hall–Kier alpha value is -2.73. The molecule has 1 amide bonds. The third-order valence-corrected chi connectivity index (χ3v) is 5.26. The highest BCUT2D eigenvalue weighted by molar-refractivity contribution is 6.34. The summed E-state index contributed by atoms with van der Waals surface area (Å²) in [5.41, 5.74) is 2.89. The summed E-state index contributed by atoms with van der Waals surface area (Å²) in [6, 6.07) is 6.21. The van der Waals surface area contributed by atoms with Crippen molar-refractivity contribution in [2.24, 2.45) is 0 Å². The van der Waals surface area contributed by atoms with Gasteiger partial charge in [-0.05, 0) is 41.7 Å². The minimum absolute atomic E-state index is 0.148. The van der Waals surface area contributed by atoms with Crippen LogP contribution in [0.3, 0.4) is 0 Å². The van der Waals surface area contributed by atoms with Gasteiger partial charge < -0.3 is 19.5 Å². The van der Waals surface area contributed by atoms with Crippen LogP contribution in [0.5, 0.6) is 17.2 Å². The number of carbonyl (C=O) groups is 1. The third kappa shape index (κ3) is 3.40. The molecule has 3 rings (SSSR count). The summed E-state index contributed by atoms with van der Waals surface area (Å²) in [4.78, 5) is 24.0. The zero-order chi connectivity index (χ0) is 20.4. The van der Waals surface area contributed by atoms with Crippen molar-refractivity contribution in [3.05, 3.63) is 50.6 Å². The van der Waals surface area contributed by atoms with Crippen LogP contribution in [-0.4, -0.2) is 27.2 Å². The molecule has 1 aliphatic carbocycles. The summed E-state index contributed by atoms with van der Waals surface area (Å²) >= 11 is 6.69. The summed E-state index contributed by atoms with van der Waals surface area (Å²) in [5, 5.41) is 3.37. The van der Waals surface area contributed by atoms with Crippen LogP contribution in [0, 0.1) is 0 Å². The molecule has 0 saturated heterocycles. The molecule has 0 bridgehead atoms. The van der Waals surface area contributed by atoms with Crippen LogP contribution in [0.1, 0.15) is 30.5 Å². The fourth-order valence-electron chi connectivity index (χ4n) is 3.75. The van der Waals surface area contributed by atoms with Gasteiger partial charge in [-0.15, -0.1) is 0 Å². The molecule has 2 aromatic rings. The van der Waals surface area contributed by atoms with Crippen molar-refractivity contribution in [1.29, 1.82) is 0 Å². The number of ether oxygens (including phenoxy) is 3. The summed E-state index contributed by atoms with van der Waals surface area (Å²) in [6.07, 6.45) is 1.13. The van der Waals surface area contributed by atoms with Crippen molar-refractivity contribution in [2.75, 3.05) is 21.3 Å². The van der Waals surface area contributed by atoms with Gasteiger partial charge in [0.2, 0.25) is 11.7 Å². The lowest BCUT2D eigenvalue weighted by atomic mass is 9.95. The number of rotatable bonds is 4. The Morgan fingerprint density at radius 3 is 2.39 bits per heavy atom. The smallest absolute Gasteiger partial charge is 0.217 e. The van der Waals surface area contributed by atoms with E-state index >= 15 is 0 Å². The normalized spacial score (nSPS) is 15.0. The monoisotopic (exact) mass is 403 g/mol. The fraction of sp³-hybridized carbons (Fsp3) is 0.333. The standard InChI is InChI=1S/C21H22ClNO5/c1-11(24)23-16-9-8-14-17(13-7-5-6-12(25)10-15(13)16)19(26-2)21(28-4)20(27-3)18(14)22/h5-7,10,16H,8-9H2,1-4H3,(H,23,24)/t16-/m0/s1. The number of hydrogen-bond acceptors (Lipinski definition) is 5. The average Bonchev–Trinajstić information content (AvgIpc) is 2.93. The van der Waals surface area contributed by atoms with Gasteiger partial charge in [-0.2, -0.15) is 0 Å². The molecule has 28 heavy (non-hydrogen) atoms. The molecular formula is C21H22ClNO5. The van der Waals surface area contributed by atoms with E-state index in [0.29, 0.717) is 40.7 Å². The van der Waals surface area contributed by atoms with Crippen molar-refractivity contribution < 1.29 is 19.0 Å². The van der Waals surface area contributed by atoms with Crippen molar-refractivity contribution in [1.82, 2.24) is 5.32 Å². The van der Waals surface area contributed by atoms with Crippen molar-refractivity contribution in [3.8, 4) is 28.4 Å². The maximum absolute atomic E-state index is 12.2. The topological polar surface area (TPSA) is 73.9 Å². The molecular weight excluding hydrogens is 382 g/mol. The number of methoxy groups -OCH3 is 3. The van der Waals surface area contributed by atoms with Gasteiger partial charge in [0.05, 0.1) is 32.4 Å². The van der Waals surface area contributed by atoms with E-state index in [1.165, 1.54) is 27.2 Å². The number of amides is 1. The number of fused-ring (bicyclic) bond motifs is 3. The highest BCUT2D eigenvalue weighted by atomic mass is 35.5. The molecule has 1 aliphatic rings. The van der Waals surface area contributed by atoms with Crippen molar-refractivity contribution >= 4 is 17.5 Å². The molecule has 0 heterocycles. The van der Waals surface area contributed by atoms with Gasteiger partial charge in [-0.1, -0.05) is 23.7 Å². The van der Waals surface area contributed by atoms with Crippen molar-refractivity contribution in [3.63, 3.8) is 0 Å². The third-order valence-electron chi connectivity index (χ3n) is 4.86. The first-order valence-electron chi connectivity index (χ1n) is 8.84. The van der Waals surface area contributed by atoms with E-state index in [1.54, 1.807) is 19.2 Å². The first kappa shape index (κ1) is 20.0. The highest BCUT2D eigenvalue weighted by Gasteiger charge is 2.31. The lowest BCUT2D eigenvalue weighted by Crippen LogP contribution is -2.26. The maximum Gasteiger partial charge on any atom is 0.217 e. The van der Waals surface area contributed by atoms with Gasteiger partial charge in [-0.3, -0.25) is 9.59 Å². The minimum Gasteiger partial charge on any atom is -0.492 e. The fourth-order valence-corrected chi connectivity index (χ4v) is 4.10. The molecule has 2 aromatic carbocycles. The summed E-state index contributed by atoms with van der Waals surface area (Å²) in [6.45, 7) is 1.46. The number of nitrogens with one attached hydrogen (secondary N) is 1. The Balaban J connectivity index is 2.44. The van der Waals surface area contributed by atoms with E-state index in [1.807, 2.05) is 6.07 Å². The van der Waals surface area contributed by atoms with E-state index < -0.39 is 0 Å². The van der Waals surface area contributed by atoms with Gasteiger partial charge in [0.25, 0.3) is 0 Å². The Labute approximate surface area is 168 Å². The molecule has 0 aliphatic heterocycles. The Morgan fingerprint density at radius 1 is 1.11 bits per heavy atom. The molecule has 0 aromatic heterocycles. The van der Waals surface area contributed by atoms with Crippen LogP contribution in [0.15, 0.2) is 29.1 Å². The molecule has 1 atom stereocenters. The Morgan fingerprint density at radius 2 is 1.79 bits per heavy atom. The lowest BCUT2D eigenvalue weighted by Gasteiger charge is -2.21. The first-order valence-corrected chi connectivity index (χ1v) is 9.22. The second-order valence-corrected chi connectivity index (χ2v) is 6.88. The Bertz CT molecular complexity index is 989. The van der Waals surface area contributed by atoms with E-state index in [4.69, 9.17) is 25.8 Å². The lowest BCUT2D eigenvalue weighted by molar-refractivity contribution is -0.119. The second kappa shape index (κ2) is 8.10. The van der Waals surface area contributed by atoms with E-state index in [-0.39, 0.29) is 17.4 Å². The van der Waals surface area contributed by atoms with Crippen LogP contribution in [0.2, 0.25) is 5.02 Å². The maximum atomic E-state index is 12.2. The number of halogens is 1. The Kier molecular flexibility index (Phi) is 5.79. The molecule has 0 radical (unpaired) electrons. The predicted molar refractivity (Wildman–Crippen MR) is 108 cm³/mol. The number of benzene rings is 1. The molecule has 148 valence electrons. The number of hydrogen-bond donors (Lipinski definition) is 1. The van der Waals surface area contributed by atoms with E-state index in [0.717, 1.165) is 16.7 Å².